The minimum atomic E-state index is -4.83. The third-order valence-electron chi connectivity index (χ3n) is 8.23. The summed E-state index contributed by atoms with van der Waals surface area (Å²) in [6.45, 7) is 9.99. The first-order valence-electron chi connectivity index (χ1n) is 14.4. The van der Waals surface area contributed by atoms with E-state index in [1.807, 2.05) is 0 Å². The lowest BCUT2D eigenvalue weighted by atomic mass is 9.93. The molecule has 2 heterocycles. The van der Waals surface area contributed by atoms with Crippen molar-refractivity contribution in [1.82, 2.24) is 9.80 Å². The van der Waals surface area contributed by atoms with Crippen molar-refractivity contribution in [1.29, 1.82) is 0 Å². The van der Waals surface area contributed by atoms with E-state index in [4.69, 9.17) is 14.2 Å². The second-order valence-corrected chi connectivity index (χ2v) is 13.1. The number of halogens is 3. The van der Waals surface area contributed by atoms with Crippen molar-refractivity contribution < 1.29 is 41.8 Å². The Labute approximate surface area is 245 Å². The van der Waals surface area contributed by atoms with Gasteiger partial charge in [-0.25, -0.2) is 4.79 Å². The summed E-state index contributed by atoms with van der Waals surface area (Å²) in [4.78, 5) is 44.2. The average molecular weight is 598 g/mol. The van der Waals surface area contributed by atoms with Crippen molar-refractivity contribution in [2.24, 2.45) is 5.41 Å². The van der Waals surface area contributed by atoms with Gasteiger partial charge in [-0.05, 0) is 78.9 Å². The number of likely N-dealkylation sites (tertiary alicyclic amines) is 1. The number of ether oxygens (including phenoxy) is 3. The number of carbonyl (C=O) groups is 3. The van der Waals surface area contributed by atoms with E-state index in [1.165, 1.54) is 30.7 Å². The Hall–Kier alpha value is -3.02. The van der Waals surface area contributed by atoms with Crippen LogP contribution >= 0.6 is 0 Å². The monoisotopic (exact) mass is 597 g/mol. The fourth-order valence-corrected chi connectivity index (χ4v) is 6.05. The second-order valence-electron chi connectivity index (χ2n) is 13.1. The maximum atomic E-state index is 14.4. The predicted molar refractivity (Wildman–Crippen MR) is 150 cm³/mol. The van der Waals surface area contributed by atoms with Gasteiger partial charge < -0.3 is 28.9 Å². The van der Waals surface area contributed by atoms with Crippen molar-refractivity contribution in [2.75, 3.05) is 45.3 Å². The predicted octanol–water partition coefficient (Wildman–Crippen LogP) is 5.50. The molecule has 2 atom stereocenters. The highest BCUT2D eigenvalue weighted by molar-refractivity contribution is 6.05. The first kappa shape index (κ1) is 31.9. The Morgan fingerprint density at radius 3 is 2.48 bits per heavy atom. The number of nitrogens with zero attached hydrogens (tertiary/aromatic N) is 3. The summed E-state index contributed by atoms with van der Waals surface area (Å²) in [6.07, 6.45) is -2.04. The van der Waals surface area contributed by atoms with Gasteiger partial charge in [0.1, 0.15) is 11.4 Å². The minimum absolute atomic E-state index is 0.0963. The molecule has 1 aromatic rings. The van der Waals surface area contributed by atoms with Gasteiger partial charge in [-0.1, -0.05) is 0 Å². The SMILES string of the molecule is COCCCCN1C(=O)C(C)(C)Oc2cc(C(F)(F)F)c(C(=O)N(C)C3C[C@]34CCCN(C(=O)OC(C)(C)C)C4)cc21. The molecule has 0 bridgehead atoms. The van der Waals surface area contributed by atoms with Crippen LogP contribution in [0, 0.1) is 5.41 Å². The van der Waals surface area contributed by atoms with Gasteiger partial charge in [0, 0.05) is 51.9 Å². The lowest BCUT2D eigenvalue weighted by Gasteiger charge is -2.39. The zero-order valence-electron chi connectivity index (χ0n) is 25.5. The second kappa shape index (κ2) is 11.2. The smallest absolute Gasteiger partial charge is 0.417 e. The summed E-state index contributed by atoms with van der Waals surface area (Å²) in [6, 6.07) is 1.64. The molecule has 0 N–H and O–H groups in total. The minimum Gasteiger partial charge on any atom is -0.476 e. The van der Waals surface area contributed by atoms with Crippen molar-refractivity contribution in [3.63, 3.8) is 0 Å². The molecule has 0 radical (unpaired) electrons. The standard InChI is InChI=1S/C30H42F3N3O6/c1-27(2,3)42-26(39)35-12-10-11-29(18-35)17-23(29)34(6)24(37)19-15-21-22(16-20(19)30(31,32)33)41-28(4,5)25(38)36(21)13-8-9-14-40-7/h15-16,23H,8-14,17-18H2,1-7H3/t23?,29-/m0/s1. The number of methoxy groups -OCH3 is 1. The highest BCUT2D eigenvalue weighted by Crippen LogP contribution is 2.55. The number of rotatable bonds is 7. The number of hydrogen-bond acceptors (Lipinski definition) is 6. The summed E-state index contributed by atoms with van der Waals surface area (Å²) >= 11 is 0. The highest BCUT2D eigenvalue weighted by atomic mass is 19.4. The van der Waals surface area contributed by atoms with E-state index in [1.54, 1.807) is 32.8 Å². The average Bonchev–Trinajstić information content (AvgIpc) is 3.57. The Morgan fingerprint density at radius 2 is 1.86 bits per heavy atom. The molecule has 1 unspecified atom stereocenters. The number of piperidine rings is 1. The number of alkyl halides is 3. The van der Waals surface area contributed by atoms with E-state index in [-0.39, 0.29) is 24.0 Å². The zero-order chi connectivity index (χ0) is 31.3. The molecule has 2 aliphatic heterocycles. The molecule has 0 aromatic heterocycles. The van der Waals surface area contributed by atoms with Gasteiger partial charge in [-0.2, -0.15) is 13.2 Å². The van der Waals surface area contributed by atoms with Crippen LogP contribution in [-0.4, -0.2) is 85.3 Å². The van der Waals surface area contributed by atoms with Crippen LogP contribution in [0.3, 0.4) is 0 Å². The van der Waals surface area contributed by atoms with Crippen molar-refractivity contribution in [3.05, 3.63) is 23.3 Å². The van der Waals surface area contributed by atoms with Gasteiger partial charge in [-0.3, -0.25) is 9.59 Å². The van der Waals surface area contributed by atoms with Crippen LogP contribution in [0.5, 0.6) is 5.75 Å². The maximum Gasteiger partial charge on any atom is 0.417 e. The van der Waals surface area contributed by atoms with Crippen LogP contribution in [0.4, 0.5) is 23.7 Å². The van der Waals surface area contributed by atoms with Crippen LogP contribution < -0.4 is 9.64 Å². The topological polar surface area (TPSA) is 88.6 Å². The zero-order valence-corrected chi connectivity index (χ0v) is 25.5. The summed E-state index contributed by atoms with van der Waals surface area (Å²) in [7, 11) is 3.07. The van der Waals surface area contributed by atoms with E-state index in [0.717, 1.165) is 18.6 Å². The van der Waals surface area contributed by atoms with Gasteiger partial charge >= 0.3 is 12.3 Å². The fourth-order valence-electron chi connectivity index (χ4n) is 6.05. The van der Waals surface area contributed by atoms with Gasteiger partial charge in [0.2, 0.25) is 0 Å². The number of amides is 3. The van der Waals surface area contributed by atoms with E-state index in [9.17, 15) is 27.6 Å². The molecule has 3 amide bonds. The lowest BCUT2D eigenvalue weighted by Crippen LogP contribution is -2.53. The van der Waals surface area contributed by atoms with Gasteiger partial charge in [0.05, 0.1) is 16.8 Å². The molecular formula is C30H42F3N3O6. The van der Waals surface area contributed by atoms with Gasteiger partial charge in [0.25, 0.3) is 11.8 Å². The summed E-state index contributed by atoms with van der Waals surface area (Å²) in [5.41, 5.74) is -3.94. The van der Waals surface area contributed by atoms with Crippen LogP contribution in [-0.2, 0) is 20.4 Å². The molecule has 42 heavy (non-hydrogen) atoms. The molecule has 234 valence electrons. The first-order valence-corrected chi connectivity index (χ1v) is 14.4. The summed E-state index contributed by atoms with van der Waals surface area (Å²) in [5, 5.41) is 0. The maximum absolute atomic E-state index is 14.4. The first-order chi connectivity index (χ1) is 19.4. The molecule has 1 saturated carbocycles. The quantitative estimate of drug-likeness (QED) is 0.386. The van der Waals surface area contributed by atoms with E-state index in [0.29, 0.717) is 45.4 Å². The lowest BCUT2D eigenvalue weighted by molar-refractivity contribution is -0.138. The largest absolute Gasteiger partial charge is 0.476 e. The van der Waals surface area contributed by atoms with E-state index < -0.39 is 51.8 Å². The number of fused-ring (bicyclic) bond motifs is 1. The molecule has 9 nitrogen and oxygen atoms in total. The molecule has 1 spiro atoms. The Bertz CT molecular complexity index is 1230. The number of hydrogen-bond donors (Lipinski definition) is 0. The van der Waals surface area contributed by atoms with Crippen LogP contribution in [0.15, 0.2) is 12.1 Å². The Balaban J connectivity index is 1.62. The van der Waals surface area contributed by atoms with E-state index >= 15 is 0 Å². The van der Waals surface area contributed by atoms with Crippen molar-refractivity contribution in [3.8, 4) is 5.75 Å². The molecule has 4 rings (SSSR count). The normalized spacial score (nSPS) is 23.4. The highest BCUT2D eigenvalue weighted by Gasteiger charge is 2.59. The summed E-state index contributed by atoms with van der Waals surface area (Å²) < 4.78 is 59.4. The van der Waals surface area contributed by atoms with Gasteiger partial charge in [0.15, 0.2) is 5.60 Å². The van der Waals surface area contributed by atoms with Crippen LogP contribution in [0.25, 0.3) is 0 Å². The number of benzene rings is 1. The molecule has 1 aliphatic carbocycles. The van der Waals surface area contributed by atoms with Crippen LogP contribution in [0.2, 0.25) is 0 Å². The van der Waals surface area contributed by atoms with Crippen molar-refractivity contribution >= 4 is 23.6 Å². The van der Waals surface area contributed by atoms with Gasteiger partial charge in [-0.15, -0.1) is 0 Å². The Kier molecular flexibility index (Phi) is 8.54. The van der Waals surface area contributed by atoms with E-state index in [2.05, 4.69) is 0 Å². The molecule has 3 aliphatic rings. The molecule has 1 saturated heterocycles. The molecule has 1 aromatic carbocycles. The number of unbranched alkanes of at least 4 members (excludes halogenated alkanes) is 1. The summed E-state index contributed by atoms with van der Waals surface area (Å²) in [5.74, 6) is -1.29. The number of anilines is 1. The fraction of sp³-hybridized carbons (Fsp3) is 0.700. The Morgan fingerprint density at radius 1 is 1.17 bits per heavy atom. The van der Waals surface area contributed by atoms with Crippen molar-refractivity contribution in [2.45, 2.75) is 90.1 Å². The molecule has 12 heteroatoms. The van der Waals surface area contributed by atoms with Crippen LogP contribution in [0.1, 0.15) is 82.6 Å². The third kappa shape index (κ3) is 6.48. The number of carbonyl (C=O) groups excluding carboxylic acids is 3. The third-order valence-corrected chi connectivity index (χ3v) is 8.23. The molecular weight excluding hydrogens is 555 g/mol. The molecule has 2 fully saturated rings.